The van der Waals surface area contributed by atoms with Gasteiger partial charge in [-0.15, -0.1) is 10.2 Å². The molecule has 2 aromatic rings. The van der Waals surface area contributed by atoms with Crippen LogP contribution in [-0.4, -0.2) is 58.1 Å². The van der Waals surface area contributed by atoms with Crippen LogP contribution in [0.3, 0.4) is 0 Å². The highest BCUT2D eigenvalue weighted by atomic mass is 16.4. The zero-order chi connectivity index (χ0) is 17.2. The molecule has 1 amide bonds. The molecule has 25 heavy (non-hydrogen) atoms. The van der Waals surface area contributed by atoms with Gasteiger partial charge in [0.2, 0.25) is 17.7 Å². The second-order valence-corrected chi connectivity index (χ2v) is 7.03. The van der Waals surface area contributed by atoms with E-state index in [0.29, 0.717) is 17.9 Å². The van der Waals surface area contributed by atoms with Gasteiger partial charge < -0.3 is 9.32 Å². The molecule has 0 spiro atoms. The van der Waals surface area contributed by atoms with E-state index in [-0.39, 0.29) is 5.91 Å². The largest absolute Gasteiger partial charge is 0.420 e. The van der Waals surface area contributed by atoms with Crippen LogP contribution in [0.4, 0.5) is 0 Å². The van der Waals surface area contributed by atoms with Gasteiger partial charge in [0.15, 0.2) is 0 Å². The molecule has 4 rings (SSSR count). The molecule has 132 valence electrons. The van der Waals surface area contributed by atoms with Crippen molar-refractivity contribution in [2.45, 2.75) is 38.1 Å². The molecule has 2 saturated heterocycles. The second kappa shape index (κ2) is 6.96. The monoisotopic (exact) mass is 340 g/mol. The van der Waals surface area contributed by atoms with Crippen molar-refractivity contribution in [3.8, 4) is 11.5 Å². The minimum atomic E-state index is 0.192. The second-order valence-electron chi connectivity index (χ2n) is 7.03. The highest BCUT2D eigenvalue weighted by molar-refractivity contribution is 5.73. The van der Waals surface area contributed by atoms with E-state index in [1.54, 1.807) is 6.92 Å². The Morgan fingerprint density at radius 3 is 2.56 bits per heavy atom. The third-order valence-electron chi connectivity index (χ3n) is 5.46. The maximum Gasteiger partial charge on any atom is 0.247 e. The molecule has 0 radical (unpaired) electrons. The fraction of sp³-hybridized carbons (Fsp3) is 0.526. The molecule has 0 aliphatic carbocycles. The van der Waals surface area contributed by atoms with E-state index >= 15 is 0 Å². The standard InChI is InChI=1S/C19H24N4O2/c1-14(24)22-11-8-17(9-12-22)23-10-7-16(13-23)19-21-20-18(25-19)15-5-3-2-4-6-15/h2-6,16-17H,7-13H2,1H3. The summed E-state index contributed by atoms with van der Waals surface area (Å²) in [4.78, 5) is 16.0. The summed E-state index contributed by atoms with van der Waals surface area (Å²) in [6.45, 7) is 5.45. The summed E-state index contributed by atoms with van der Waals surface area (Å²) in [7, 11) is 0. The SMILES string of the molecule is CC(=O)N1CCC(N2CCC(c3nnc(-c4ccccc4)o3)C2)CC1. The number of benzene rings is 1. The van der Waals surface area contributed by atoms with Gasteiger partial charge in [-0.05, 0) is 37.9 Å². The predicted octanol–water partition coefficient (Wildman–Crippen LogP) is 2.54. The number of likely N-dealkylation sites (tertiary alicyclic amines) is 2. The lowest BCUT2D eigenvalue weighted by molar-refractivity contribution is -0.130. The Labute approximate surface area is 147 Å². The number of piperidine rings is 1. The number of rotatable bonds is 3. The van der Waals surface area contributed by atoms with Crippen molar-refractivity contribution in [1.82, 2.24) is 20.0 Å². The Bertz CT molecular complexity index is 722. The molecule has 2 aliphatic heterocycles. The molecule has 2 aliphatic rings. The first-order valence-electron chi connectivity index (χ1n) is 9.09. The van der Waals surface area contributed by atoms with Gasteiger partial charge in [0.1, 0.15) is 0 Å². The molecule has 1 aromatic carbocycles. The smallest absolute Gasteiger partial charge is 0.247 e. The van der Waals surface area contributed by atoms with Crippen LogP contribution in [0, 0.1) is 0 Å². The van der Waals surface area contributed by atoms with Crippen LogP contribution in [0.5, 0.6) is 0 Å². The number of carbonyl (C=O) groups excluding carboxylic acids is 1. The average Bonchev–Trinajstić information content (AvgIpc) is 3.32. The Morgan fingerprint density at radius 1 is 1.08 bits per heavy atom. The van der Waals surface area contributed by atoms with E-state index in [1.165, 1.54) is 0 Å². The molecule has 6 heteroatoms. The molecule has 0 N–H and O–H groups in total. The van der Waals surface area contributed by atoms with Crippen LogP contribution in [0.25, 0.3) is 11.5 Å². The molecule has 3 heterocycles. The molecule has 0 bridgehead atoms. The van der Waals surface area contributed by atoms with Crippen LogP contribution >= 0.6 is 0 Å². The topological polar surface area (TPSA) is 62.5 Å². The van der Waals surface area contributed by atoms with Crippen molar-refractivity contribution in [2.75, 3.05) is 26.2 Å². The van der Waals surface area contributed by atoms with Gasteiger partial charge in [0, 0.05) is 38.2 Å². The Kier molecular flexibility index (Phi) is 4.53. The van der Waals surface area contributed by atoms with Crippen molar-refractivity contribution in [3.05, 3.63) is 36.2 Å². The zero-order valence-corrected chi connectivity index (χ0v) is 14.6. The minimum Gasteiger partial charge on any atom is -0.420 e. The summed E-state index contributed by atoms with van der Waals surface area (Å²) in [5.41, 5.74) is 0.965. The van der Waals surface area contributed by atoms with Gasteiger partial charge in [0.25, 0.3) is 0 Å². The molecule has 0 saturated carbocycles. The fourth-order valence-electron chi connectivity index (χ4n) is 3.96. The predicted molar refractivity (Wildman–Crippen MR) is 93.9 cm³/mol. The van der Waals surface area contributed by atoms with Gasteiger partial charge in [-0.1, -0.05) is 18.2 Å². The summed E-state index contributed by atoms with van der Waals surface area (Å²) in [6, 6.07) is 10.5. The van der Waals surface area contributed by atoms with Gasteiger partial charge >= 0.3 is 0 Å². The molecule has 1 atom stereocenters. The highest BCUT2D eigenvalue weighted by Gasteiger charge is 2.34. The minimum absolute atomic E-state index is 0.192. The summed E-state index contributed by atoms with van der Waals surface area (Å²) in [5, 5.41) is 8.51. The molecular weight excluding hydrogens is 316 g/mol. The number of nitrogens with zero attached hydrogens (tertiary/aromatic N) is 4. The molecular formula is C19H24N4O2. The number of hydrogen-bond donors (Lipinski definition) is 0. The zero-order valence-electron chi connectivity index (χ0n) is 14.6. The van der Waals surface area contributed by atoms with Crippen LogP contribution in [0.1, 0.15) is 38.0 Å². The highest BCUT2D eigenvalue weighted by Crippen LogP contribution is 2.31. The van der Waals surface area contributed by atoms with Gasteiger partial charge in [-0.2, -0.15) is 0 Å². The third kappa shape index (κ3) is 3.44. The third-order valence-corrected chi connectivity index (χ3v) is 5.46. The molecule has 6 nitrogen and oxygen atoms in total. The molecule has 1 unspecified atom stereocenters. The Balaban J connectivity index is 1.37. The summed E-state index contributed by atoms with van der Waals surface area (Å²) in [6.07, 6.45) is 3.18. The van der Waals surface area contributed by atoms with Crippen molar-refractivity contribution in [1.29, 1.82) is 0 Å². The average molecular weight is 340 g/mol. The Morgan fingerprint density at radius 2 is 1.84 bits per heavy atom. The van der Waals surface area contributed by atoms with Crippen molar-refractivity contribution >= 4 is 5.91 Å². The van der Waals surface area contributed by atoms with Gasteiger partial charge in [-0.25, -0.2) is 0 Å². The lowest BCUT2D eigenvalue weighted by atomic mass is 10.0. The van der Waals surface area contributed by atoms with Crippen LogP contribution in [0.2, 0.25) is 0 Å². The van der Waals surface area contributed by atoms with Crippen molar-refractivity contribution in [2.24, 2.45) is 0 Å². The van der Waals surface area contributed by atoms with E-state index in [1.807, 2.05) is 35.2 Å². The van der Waals surface area contributed by atoms with Crippen molar-refractivity contribution in [3.63, 3.8) is 0 Å². The normalized spacial score (nSPS) is 22.4. The number of aromatic nitrogens is 2. The maximum absolute atomic E-state index is 11.5. The lowest BCUT2D eigenvalue weighted by Crippen LogP contribution is -2.45. The molecule has 1 aromatic heterocycles. The summed E-state index contributed by atoms with van der Waals surface area (Å²) in [5.74, 6) is 1.86. The first-order valence-corrected chi connectivity index (χ1v) is 9.09. The fourth-order valence-corrected chi connectivity index (χ4v) is 3.96. The van der Waals surface area contributed by atoms with Gasteiger partial charge in [-0.3, -0.25) is 9.69 Å². The van der Waals surface area contributed by atoms with Crippen molar-refractivity contribution < 1.29 is 9.21 Å². The first kappa shape index (κ1) is 16.3. The van der Waals surface area contributed by atoms with E-state index in [2.05, 4.69) is 15.1 Å². The molecule has 2 fully saturated rings. The number of hydrogen-bond acceptors (Lipinski definition) is 5. The van der Waals surface area contributed by atoms with E-state index in [0.717, 1.165) is 56.9 Å². The van der Waals surface area contributed by atoms with Crippen LogP contribution in [0.15, 0.2) is 34.7 Å². The first-order chi connectivity index (χ1) is 12.2. The van der Waals surface area contributed by atoms with E-state index in [4.69, 9.17) is 4.42 Å². The number of amides is 1. The van der Waals surface area contributed by atoms with E-state index in [9.17, 15) is 4.79 Å². The maximum atomic E-state index is 11.5. The quantitative estimate of drug-likeness (QED) is 0.859. The van der Waals surface area contributed by atoms with E-state index < -0.39 is 0 Å². The summed E-state index contributed by atoms with van der Waals surface area (Å²) >= 11 is 0. The Hall–Kier alpha value is -2.21. The van der Waals surface area contributed by atoms with Crippen LogP contribution in [-0.2, 0) is 4.79 Å². The van der Waals surface area contributed by atoms with Gasteiger partial charge in [0.05, 0.1) is 5.92 Å². The van der Waals surface area contributed by atoms with Crippen LogP contribution < -0.4 is 0 Å². The number of carbonyl (C=O) groups is 1. The lowest BCUT2D eigenvalue weighted by Gasteiger charge is -2.36. The summed E-state index contributed by atoms with van der Waals surface area (Å²) < 4.78 is 5.94.